The Morgan fingerprint density at radius 2 is 1.56 bits per heavy atom. The van der Waals surface area contributed by atoms with Crippen molar-refractivity contribution in [2.24, 2.45) is 0 Å². The first-order chi connectivity index (χ1) is 12.3. The highest BCUT2D eigenvalue weighted by Crippen LogP contribution is 2.14. The number of hydrogen-bond donors (Lipinski definition) is 0. The second-order valence-electron chi connectivity index (χ2n) is 5.55. The summed E-state index contributed by atoms with van der Waals surface area (Å²) in [5.41, 5.74) is 2.19. The molecule has 4 aromatic rings. The molecular formula is C21H15N3O. The average molecular weight is 325 g/mol. The number of nitrogens with zero attached hydrogens (tertiary/aromatic N) is 3. The molecule has 0 N–H and O–H groups in total. The Morgan fingerprint density at radius 3 is 2.36 bits per heavy atom. The van der Waals surface area contributed by atoms with Crippen LogP contribution in [0.1, 0.15) is 11.5 Å². The average Bonchev–Trinajstić information content (AvgIpc) is 2.68. The van der Waals surface area contributed by atoms with Gasteiger partial charge < -0.3 is 0 Å². The Bertz CT molecular complexity index is 1100. The zero-order chi connectivity index (χ0) is 17.1. The zero-order valence-corrected chi connectivity index (χ0v) is 13.4. The van der Waals surface area contributed by atoms with E-state index in [1.54, 1.807) is 16.8 Å². The van der Waals surface area contributed by atoms with Gasteiger partial charge in [0.1, 0.15) is 5.82 Å². The Kier molecular flexibility index (Phi) is 3.92. The van der Waals surface area contributed by atoms with Crippen LogP contribution in [0.5, 0.6) is 0 Å². The minimum atomic E-state index is -0.0857. The molecule has 0 atom stereocenters. The van der Waals surface area contributed by atoms with Crippen molar-refractivity contribution < 1.29 is 0 Å². The van der Waals surface area contributed by atoms with Crippen molar-refractivity contribution in [2.75, 3.05) is 0 Å². The topological polar surface area (TPSA) is 47.8 Å². The first-order valence-electron chi connectivity index (χ1n) is 7.99. The van der Waals surface area contributed by atoms with E-state index in [0.717, 1.165) is 11.4 Å². The molecule has 0 radical (unpaired) electrons. The van der Waals surface area contributed by atoms with Gasteiger partial charge in [-0.2, -0.15) is 0 Å². The zero-order valence-electron chi connectivity index (χ0n) is 13.4. The minimum absolute atomic E-state index is 0.0857. The van der Waals surface area contributed by atoms with E-state index in [0.29, 0.717) is 16.7 Å². The molecule has 0 saturated heterocycles. The third-order valence-electron chi connectivity index (χ3n) is 3.91. The second-order valence-corrected chi connectivity index (χ2v) is 5.55. The molecule has 2 heterocycles. The lowest BCUT2D eigenvalue weighted by molar-refractivity contribution is 0.944. The highest BCUT2D eigenvalue weighted by atomic mass is 16.1. The number of hydrogen-bond acceptors (Lipinski definition) is 3. The number of benzene rings is 2. The molecule has 120 valence electrons. The van der Waals surface area contributed by atoms with Crippen LogP contribution < -0.4 is 5.56 Å². The quantitative estimate of drug-likeness (QED) is 0.573. The first-order valence-corrected chi connectivity index (χ1v) is 7.99. The third kappa shape index (κ3) is 2.97. The highest BCUT2D eigenvalue weighted by molar-refractivity contribution is 5.79. The largest absolute Gasteiger partial charge is 0.268 e. The van der Waals surface area contributed by atoms with Crippen LogP contribution in [0.25, 0.3) is 28.7 Å². The van der Waals surface area contributed by atoms with Gasteiger partial charge in [-0.15, -0.1) is 0 Å². The van der Waals surface area contributed by atoms with Crippen LogP contribution in [0.15, 0.2) is 83.8 Å². The van der Waals surface area contributed by atoms with Crippen LogP contribution in [0.4, 0.5) is 0 Å². The molecule has 0 bridgehead atoms. The van der Waals surface area contributed by atoms with Gasteiger partial charge in [0.05, 0.1) is 22.3 Å². The van der Waals surface area contributed by atoms with Crippen LogP contribution in [0.3, 0.4) is 0 Å². The maximum atomic E-state index is 13.0. The molecule has 4 heteroatoms. The summed E-state index contributed by atoms with van der Waals surface area (Å²) in [6.45, 7) is 0. The van der Waals surface area contributed by atoms with E-state index in [9.17, 15) is 4.79 Å². The van der Waals surface area contributed by atoms with Gasteiger partial charge in [0.2, 0.25) is 0 Å². The van der Waals surface area contributed by atoms with Gasteiger partial charge in [0.15, 0.2) is 0 Å². The van der Waals surface area contributed by atoms with Crippen molar-refractivity contribution in [2.45, 2.75) is 0 Å². The fourth-order valence-electron chi connectivity index (χ4n) is 2.72. The lowest BCUT2D eigenvalue weighted by Crippen LogP contribution is -2.22. The van der Waals surface area contributed by atoms with Crippen LogP contribution in [0.2, 0.25) is 0 Å². The fraction of sp³-hybridized carbons (Fsp3) is 0. The summed E-state index contributed by atoms with van der Waals surface area (Å²) < 4.78 is 1.63. The molecule has 0 aliphatic carbocycles. The summed E-state index contributed by atoms with van der Waals surface area (Å²) in [6, 6.07) is 22.6. The van der Waals surface area contributed by atoms with E-state index in [1.165, 1.54) is 0 Å². The van der Waals surface area contributed by atoms with Crippen LogP contribution in [0, 0.1) is 0 Å². The lowest BCUT2D eigenvalue weighted by atomic mass is 10.2. The van der Waals surface area contributed by atoms with Gasteiger partial charge in [0, 0.05) is 6.20 Å². The molecule has 4 rings (SSSR count). The molecule has 0 unspecified atom stereocenters. The van der Waals surface area contributed by atoms with Crippen LogP contribution in [-0.4, -0.2) is 14.5 Å². The predicted molar refractivity (Wildman–Crippen MR) is 101 cm³/mol. The number of pyridine rings is 1. The maximum Gasteiger partial charge on any atom is 0.266 e. The van der Waals surface area contributed by atoms with E-state index in [4.69, 9.17) is 0 Å². The van der Waals surface area contributed by atoms with Gasteiger partial charge >= 0.3 is 0 Å². The molecule has 0 saturated carbocycles. The van der Waals surface area contributed by atoms with Crippen molar-refractivity contribution >= 4 is 23.1 Å². The molecule has 0 aliphatic rings. The third-order valence-corrected chi connectivity index (χ3v) is 3.91. The predicted octanol–water partition coefficient (Wildman–Crippen LogP) is 3.95. The maximum absolute atomic E-state index is 13.0. The molecule has 2 aromatic heterocycles. The van der Waals surface area contributed by atoms with E-state index >= 15 is 0 Å². The van der Waals surface area contributed by atoms with Crippen LogP contribution >= 0.6 is 0 Å². The van der Waals surface area contributed by atoms with Crippen molar-refractivity contribution in [3.8, 4) is 5.69 Å². The molecule has 2 aromatic carbocycles. The van der Waals surface area contributed by atoms with Crippen molar-refractivity contribution in [1.82, 2.24) is 14.5 Å². The van der Waals surface area contributed by atoms with Crippen molar-refractivity contribution in [3.63, 3.8) is 0 Å². The molecule has 25 heavy (non-hydrogen) atoms. The molecule has 4 nitrogen and oxygen atoms in total. The minimum Gasteiger partial charge on any atom is -0.268 e. The Hall–Kier alpha value is -3.53. The summed E-state index contributed by atoms with van der Waals surface area (Å²) in [5, 5.41) is 0.598. The number of fused-ring (bicyclic) bond motifs is 1. The fourth-order valence-corrected chi connectivity index (χ4v) is 2.72. The standard InChI is InChI=1S/C21H15N3O/c25-21-18-11-4-5-12-19(18)23-20(14-13-16-8-6-7-15-22-16)24(21)17-9-2-1-3-10-17/h1-15H. The molecule has 0 spiro atoms. The molecule has 0 aliphatic heterocycles. The van der Waals surface area contributed by atoms with E-state index < -0.39 is 0 Å². The van der Waals surface area contributed by atoms with E-state index in [2.05, 4.69) is 9.97 Å². The SMILES string of the molecule is O=c1c2ccccc2nc(C=Cc2ccccn2)n1-c1ccccc1. The molecular weight excluding hydrogens is 310 g/mol. The monoisotopic (exact) mass is 325 g/mol. The Labute approximate surface area is 144 Å². The summed E-state index contributed by atoms with van der Waals surface area (Å²) >= 11 is 0. The first kappa shape index (κ1) is 15.0. The van der Waals surface area contributed by atoms with Gasteiger partial charge in [-0.1, -0.05) is 36.4 Å². The summed E-state index contributed by atoms with van der Waals surface area (Å²) in [4.78, 5) is 22.0. The summed E-state index contributed by atoms with van der Waals surface area (Å²) in [7, 11) is 0. The summed E-state index contributed by atoms with van der Waals surface area (Å²) in [6.07, 6.45) is 5.41. The Balaban J connectivity index is 1.96. The van der Waals surface area contributed by atoms with Gasteiger partial charge in [-0.3, -0.25) is 14.3 Å². The Morgan fingerprint density at radius 1 is 0.800 bits per heavy atom. The lowest BCUT2D eigenvalue weighted by Gasteiger charge is -2.11. The van der Waals surface area contributed by atoms with E-state index in [-0.39, 0.29) is 5.56 Å². The second kappa shape index (κ2) is 6.53. The number of aromatic nitrogens is 3. The number of para-hydroxylation sites is 2. The van der Waals surface area contributed by atoms with Gasteiger partial charge in [-0.25, -0.2) is 4.98 Å². The van der Waals surface area contributed by atoms with Crippen molar-refractivity contribution in [1.29, 1.82) is 0 Å². The normalized spacial score (nSPS) is 11.2. The number of rotatable bonds is 3. The summed E-state index contributed by atoms with van der Waals surface area (Å²) in [5.74, 6) is 0.570. The molecule has 0 fully saturated rings. The smallest absolute Gasteiger partial charge is 0.266 e. The van der Waals surface area contributed by atoms with Gasteiger partial charge in [0.25, 0.3) is 5.56 Å². The van der Waals surface area contributed by atoms with Crippen LogP contribution in [-0.2, 0) is 0 Å². The highest BCUT2D eigenvalue weighted by Gasteiger charge is 2.10. The van der Waals surface area contributed by atoms with Gasteiger partial charge in [-0.05, 0) is 48.6 Å². The van der Waals surface area contributed by atoms with E-state index in [1.807, 2.05) is 78.9 Å². The van der Waals surface area contributed by atoms with Crippen molar-refractivity contribution in [3.05, 3.63) is 101 Å². The molecule has 0 amide bonds.